The minimum absolute atomic E-state index is 0.0407. The lowest BCUT2D eigenvalue weighted by Gasteiger charge is -2.48. The molecule has 0 aromatic heterocycles. The summed E-state index contributed by atoms with van der Waals surface area (Å²) in [6, 6.07) is 0.184. The molecule has 104 valence electrons. The Hall–Kier alpha value is -0.610. The summed E-state index contributed by atoms with van der Waals surface area (Å²) >= 11 is 0. The summed E-state index contributed by atoms with van der Waals surface area (Å²) in [5.74, 6) is -0.825. The van der Waals surface area contributed by atoms with Crippen LogP contribution in [-0.2, 0) is 9.53 Å². The molecule has 1 aliphatic heterocycles. The number of hydrogen-bond donors (Lipinski definition) is 1. The molecule has 0 amide bonds. The molecule has 4 nitrogen and oxygen atoms in total. The highest BCUT2D eigenvalue weighted by Crippen LogP contribution is 2.33. The Morgan fingerprint density at radius 3 is 2.67 bits per heavy atom. The standard InChI is InChI=1S/C14H25NO3/c1-14(2)10-18-9-8-15(14)12-7-5-3-4-6-11(12)13(16)17/h11-12H,3-10H2,1-2H3,(H,16,17). The molecule has 4 heteroatoms. The van der Waals surface area contributed by atoms with E-state index in [1.54, 1.807) is 0 Å². The van der Waals surface area contributed by atoms with Crippen LogP contribution in [0.4, 0.5) is 0 Å². The van der Waals surface area contributed by atoms with Crippen molar-refractivity contribution in [3.05, 3.63) is 0 Å². The van der Waals surface area contributed by atoms with Gasteiger partial charge in [-0.2, -0.15) is 0 Å². The number of morpholine rings is 1. The number of carbonyl (C=O) groups is 1. The second-order valence-corrected chi connectivity index (χ2v) is 6.21. The zero-order chi connectivity index (χ0) is 13.2. The predicted octanol–water partition coefficient (Wildman–Crippen LogP) is 2.13. The van der Waals surface area contributed by atoms with Crippen molar-refractivity contribution >= 4 is 5.97 Å². The predicted molar refractivity (Wildman–Crippen MR) is 69.6 cm³/mol. The molecule has 2 rings (SSSR count). The van der Waals surface area contributed by atoms with Gasteiger partial charge in [-0.1, -0.05) is 19.3 Å². The molecule has 1 N–H and O–H groups in total. The topological polar surface area (TPSA) is 49.8 Å². The van der Waals surface area contributed by atoms with Crippen LogP contribution in [0.1, 0.15) is 46.0 Å². The minimum atomic E-state index is -0.621. The number of rotatable bonds is 2. The molecule has 0 bridgehead atoms. The van der Waals surface area contributed by atoms with E-state index in [1.807, 2.05) is 0 Å². The van der Waals surface area contributed by atoms with Gasteiger partial charge in [-0.3, -0.25) is 9.69 Å². The van der Waals surface area contributed by atoms with Crippen LogP contribution < -0.4 is 0 Å². The number of aliphatic carboxylic acids is 1. The Kier molecular flexibility index (Phi) is 4.28. The zero-order valence-corrected chi connectivity index (χ0v) is 11.5. The van der Waals surface area contributed by atoms with Gasteiger partial charge in [0.2, 0.25) is 0 Å². The molecule has 1 heterocycles. The van der Waals surface area contributed by atoms with Crippen LogP contribution in [0.2, 0.25) is 0 Å². The van der Waals surface area contributed by atoms with Gasteiger partial charge in [-0.15, -0.1) is 0 Å². The van der Waals surface area contributed by atoms with Gasteiger partial charge in [0.25, 0.3) is 0 Å². The highest BCUT2D eigenvalue weighted by molar-refractivity contribution is 5.71. The third-order valence-corrected chi connectivity index (χ3v) is 4.41. The van der Waals surface area contributed by atoms with Crippen LogP contribution in [0, 0.1) is 5.92 Å². The van der Waals surface area contributed by atoms with Crippen LogP contribution >= 0.6 is 0 Å². The second-order valence-electron chi connectivity index (χ2n) is 6.21. The smallest absolute Gasteiger partial charge is 0.308 e. The van der Waals surface area contributed by atoms with Crippen LogP contribution in [-0.4, -0.2) is 47.3 Å². The van der Waals surface area contributed by atoms with Crippen molar-refractivity contribution < 1.29 is 14.6 Å². The molecule has 2 aliphatic rings. The molecule has 1 saturated carbocycles. The number of nitrogens with zero attached hydrogens (tertiary/aromatic N) is 1. The second kappa shape index (κ2) is 5.57. The maximum atomic E-state index is 11.5. The first kappa shape index (κ1) is 13.8. The highest BCUT2D eigenvalue weighted by Gasteiger charge is 2.41. The third-order valence-electron chi connectivity index (χ3n) is 4.41. The summed E-state index contributed by atoms with van der Waals surface area (Å²) in [4.78, 5) is 13.9. The van der Waals surface area contributed by atoms with E-state index in [0.29, 0.717) is 6.61 Å². The summed E-state index contributed by atoms with van der Waals surface area (Å²) in [5, 5.41) is 9.48. The molecule has 2 atom stereocenters. The Morgan fingerprint density at radius 1 is 1.28 bits per heavy atom. The molecular weight excluding hydrogens is 230 g/mol. The molecule has 1 saturated heterocycles. The van der Waals surface area contributed by atoms with Gasteiger partial charge in [0.05, 0.1) is 19.1 Å². The lowest BCUT2D eigenvalue weighted by Crippen LogP contribution is -2.59. The van der Waals surface area contributed by atoms with E-state index in [2.05, 4.69) is 18.7 Å². The van der Waals surface area contributed by atoms with Crippen molar-refractivity contribution in [3.63, 3.8) is 0 Å². The number of ether oxygens (including phenoxy) is 1. The Labute approximate surface area is 109 Å². The molecule has 0 spiro atoms. The molecule has 0 aromatic rings. The molecule has 2 fully saturated rings. The quantitative estimate of drug-likeness (QED) is 0.768. The van der Waals surface area contributed by atoms with E-state index in [9.17, 15) is 9.90 Å². The van der Waals surface area contributed by atoms with Crippen molar-refractivity contribution in [1.82, 2.24) is 4.90 Å². The molecule has 1 aliphatic carbocycles. The fourth-order valence-electron chi connectivity index (χ4n) is 3.43. The van der Waals surface area contributed by atoms with Crippen LogP contribution in [0.5, 0.6) is 0 Å². The van der Waals surface area contributed by atoms with Gasteiger partial charge in [0, 0.05) is 18.1 Å². The van der Waals surface area contributed by atoms with E-state index >= 15 is 0 Å². The molecule has 0 radical (unpaired) electrons. The average Bonchev–Trinajstić information content (AvgIpc) is 2.53. The van der Waals surface area contributed by atoms with Gasteiger partial charge in [-0.05, 0) is 26.7 Å². The summed E-state index contributed by atoms with van der Waals surface area (Å²) < 4.78 is 5.54. The van der Waals surface area contributed by atoms with Crippen molar-refractivity contribution in [1.29, 1.82) is 0 Å². The number of carboxylic acids is 1. The van der Waals surface area contributed by atoms with Crippen LogP contribution in [0.25, 0.3) is 0 Å². The van der Waals surface area contributed by atoms with Crippen molar-refractivity contribution in [2.75, 3.05) is 19.8 Å². The van der Waals surface area contributed by atoms with Gasteiger partial charge in [0.1, 0.15) is 0 Å². The lowest BCUT2D eigenvalue weighted by molar-refractivity contribution is -0.148. The fourth-order valence-corrected chi connectivity index (χ4v) is 3.43. The zero-order valence-electron chi connectivity index (χ0n) is 11.5. The van der Waals surface area contributed by atoms with E-state index in [0.717, 1.165) is 38.8 Å². The van der Waals surface area contributed by atoms with Crippen molar-refractivity contribution in [2.45, 2.75) is 57.5 Å². The maximum Gasteiger partial charge on any atom is 0.308 e. The lowest BCUT2D eigenvalue weighted by atomic mass is 9.89. The highest BCUT2D eigenvalue weighted by atomic mass is 16.5. The van der Waals surface area contributed by atoms with Crippen LogP contribution in [0.3, 0.4) is 0 Å². The average molecular weight is 255 g/mol. The summed E-state index contributed by atoms with van der Waals surface area (Å²) in [6.07, 6.45) is 5.22. The summed E-state index contributed by atoms with van der Waals surface area (Å²) in [6.45, 7) is 6.62. The third kappa shape index (κ3) is 2.86. The van der Waals surface area contributed by atoms with Crippen molar-refractivity contribution in [2.24, 2.45) is 5.92 Å². The molecular formula is C14H25NO3. The molecule has 2 unspecified atom stereocenters. The SMILES string of the molecule is CC1(C)COCCN1C1CCCCCC1C(=O)O. The molecule has 18 heavy (non-hydrogen) atoms. The van der Waals surface area contributed by atoms with E-state index in [4.69, 9.17) is 4.74 Å². The van der Waals surface area contributed by atoms with E-state index in [1.165, 1.54) is 6.42 Å². The Bertz CT molecular complexity index is 303. The first-order valence-electron chi connectivity index (χ1n) is 7.10. The first-order chi connectivity index (χ1) is 8.52. The maximum absolute atomic E-state index is 11.5. The van der Waals surface area contributed by atoms with E-state index < -0.39 is 5.97 Å². The van der Waals surface area contributed by atoms with Gasteiger partial charge in [-0.25, -0.2) is 0 Å². The van der Waals surface area contributed by atoms with Gasteiger partial charge in [0.15, 0.2) is 0 Å². The number of hydrogen-bond acceptors (Lipinski definition) is 3. The first-order valence-corrected chi connectivity index (χ1v) is 7.10. The Balaban J connectivity index is 2.18. The largest absolute Gasteiger partial charge is 0.481 e. The number of carboxylic acid groups (broad SMARTS) is 1. The summed E-state index contributed by atoms with van der Waals surface area (Å²) in [7, 11) is 0. The van der Waals surface area contributed by atoms with E-state index in [-0.39, 0.29) is 17.5 Å². The minimum Gasteiger partial charge on any atom is -0.481 e. The Morgan fingerprint density at radius 2 is 2.00 bits per heavy atom. The fraction of sp³-hybridized carbons (Fsp3) is 0.929. The van der Waals surface area contributed by atoms with Crippen molar-refractivity contribution in [3.8, 4) is 0 Å². The molecule has 0 aromatic carbocycles. The monoisotopic (exact) mass is 255 g/mol. The van der Waals surface area contributed by atoms with Crippen LogP contribution in [0.15, 0.2) is 0 Å². The normalized spacial score (nSPS) is 33.9. The van der Waals surface area contributed by atoms with Gasteiger partial charge < -0.3 is 9.84 Å². The summed E-state index contributed by atoms with van der Waals surface area (Å²) in [5.41, 5.74) is -0.0407. The van der Waals surface area contributed by atoms with Gasteiger partial charge >= 0.3 is 5.97 Å².